The highest BCUT2D eigenvalue weighted by Gasteiger charge is 2.21. The molecule has 0 spiro atoms. The van der Waals surface area contributed by atoms with Crippen molar-refractivity contribution in [3.05, 3.63) is 50.1 Å². The molecule has 21 heavy (non-hydrogen) atoms. The average molecular weight is 396 g/mol. The third-order valence-corrected chi connectivity index (χ3v) is 5.84. The maximum atomic E-state index is 9.27. The van der Waals surface area contributed by atoms with Gasteiger partial charge in [0, 0.05) is 30.4 Å². The minimum Gasteiger partial charge on any atom is -0.396 e. The second-order valence-electron chi connectivity index (χ2n) is 4.26. The van der Waals surface area contributed by atoms with Crippen LogP contribution in [0.5, 0.6) is 0 Å². The minimum absolute atomic E-state index is 0.518. The lowest BCUT2D eigenvalue weighted by molar-refractivity contribution is 1.52. The van der Waals surface area contributed by atoms with Crippen molar-refractivity contribution in [3.63, 3.8) is 0 Å². The molecule has 3 aromatic rings. The summed E-state index contributed by atoms with van der Waals surface area (Å²) >= 11 is 12.8. The molecule has 0 aliphatic rings. The summed E-state index contributed by atoms with van der Waals surface area (Å²) < 4.78 is 0.935. The zero-order valence-electron chi connectivity index (χ0n) is 10.6. The summed E-state index contributed by atoms with van der Waals surface area (Å²) in [5, 5.41) is 11.9. The van der Waals surface area contributed by atoms with Gasteiger partial charge in [0.1, 0.15) is 10.9 Å². The van der Waals surface area contributed by atoms with Gasteiger partial charge in [0.2, 0.25) is 0 Å². The molecule has 0 aliphatic heterocycles. The second-order valence-corrected chi connectivity index (χ2v) is 7.55. The Bertz CT molecular complexity index is 847. The van der Waals surface area contributed by atoms with Gasteiger partial charge in [0.25, 0.3) is 0 Å². The van der Waals surface area contributed by atoms with E-state index in [-0.39, 0.29) is 0 Å². The van der Waals surface area contributed by atoms with Gasteiger partial charge >= 0.3 is 0 Å². The predicted octanol–water partition coefficient (Wildman–Crippen LogP) is 6.01. The molecule has 6 heteroatoms. The quantitative estimate of drug-likeness (QED) is 0.577. The van der Waals surface area contributed by atoms with Gasteiger partial charge < -0.3 is 5.73 Å². The van der Waals surface area contributed by atoms with Gasteiger partial charge in [-0.05, 0) is 29.6 Å². The Morgan fingerprint density at radius 2 is 2.10 bits per heavy atom. The fraction of sp³-hybridized carbons (Fsp3) is 0. The second kappa shape index (κ2) is 5.82. The van der Waals surface area contributed by atoms with E-state index in [4.69, 9.17) is 17.3 Å². The summed E-state index contributed by atoms with van der Waals surface area (Å²) in [7, 11) is 0. The van der Waals surface area contributed by atoms with E-state index in [1.165, 1.54) is 11.3 Å². The molecular weight excluding hydrogens is 388 g/mol. The molecule has 0 radical (unpaired) electrons. The van der Waals surface area contributed by atoms with Crippen molar-refractivity contribution < 1.29 is 0 Å². The molecule has 0 atom stereocenters. The molecular formula is C15H8BrClN2S2. The monoisotopic (exact) mass is 394 g/mol. The van der Waals surface area contributed by atoms with Gasteiger partial charge in [-0.2, -0.15) is 5.26 Å². The summed E-state index contributed by atoms with van der Waals surface area (Å²) in [5.41, 5.74) is 8.47. The smallest absolute Gasteiger partial charge is 0.129 e. The van der Waals surface area contributed by atoms with Crippen molar-refractivity contribution in [1.29, 1.82) is 5.26 Å². The zero-order valence-corrected chi connectivity index (χ0v) is 14.5. The number of rotatable bonds is 2. The topological polar surface area (TPSA) is 49.8 Å². The van der Waals surface area contributed by atoms with Gasteiger partial charge in [-0.3, -0.25) is 0 Å². The van der Waals surface area contributed by atoms with Crippen LogP contribution in [-0.2, 0) is 0 Å². The molecule has 1 aromatic carbocycles. The third kappa shape index (κ3) is 2.60. The first kappa shape index (κ1) is 14.6. The SMILES string of the molecule is N#Cc1sc(-c2cc(Br)ccc2Cl)c(-c2cccs2)c1N. The van der Waals surface area contributed by atoms with Crippen molar-refractivity contribution >= 4 is 55.9 Å². The van der Waals surface area contributed by atoms with E-state index in [0.29, 0.717) is 15.6 Å². The minimum atomic E-state index is 0.518. The van der Waals surface area contributed by atoms with Crippen molar-refractivity contribution in [2.24, 2.45) is 0 Å². The van der Waals surface area contributed by atoms with E-state index in [2.05, 4.69) is 22.0 Å². The van der Waals surface area contributed by atoms with E-state index < -0.39 is 0 Å². The Kier molecular flexibility index (Phi) is 4.05. The summed E-state index contributed by atoms with van der Waals surface area (Å²) in [6, 6.07) is 11.8. The molecule has 0 bridgehead atoms. The van der Waals surface area contributed by atoms with E-state index in [9.17, 15) is 5.26 Å². The number of nitrogens with zero attached hydrogens (tertiary/aromatic N) is 1. The van der Waals surface area contributed by atoms with E-state index in [1.807, 2.05) is 35.7 Å². The number of anilines is 1. The number of nitrogens with two attached hydrogens (primary N) is 1. The van der Waals surface area contributed by atoms with Crippen molar-refractivity contribution in [3.8, 4) is 27.0 Å². The summed E-state index contributed by atoms with van der Waals surface area (Å²) in [6.45, 7) is 0. The maximum absolute atomic E-state index is 9.27. The van der Waals surface area contributed by atoms with Crippen LogP contribution in [0.15, 0.2) is 40.2 Å². The van der Waals surface area contributed by atoms with Crippen LogP contribution in [0.4, 0.5) is 5.69 Å². The van der Waals surface area contributed by atoms with Crippen molar-refractivity contribution in [1.82, 2.24) is 0 Å². The van der Waals surface area contributed by atoms with Crippen LogP contribution in [0, 0.1) is 11.3 Å². The molecule has 0 unspecified atom stereocenters. The van der Waals surface area contributed by atoms with E-state index in [0.717, 1.165) is 25.4 Å². The molecule has 0 aliphatic carbocycles. The highest BCUT2D eigenvalue weighted by atomic mass is 79.9. The van der Waals surface area contributed by atoms with Gasteiger partial charge in [-0.15, -0.1) is 22.7 Å². The third-order valence-electron chi connectivity index (χ3n) is 2.99. The summed E-state index contributed by atoms with van der Waals surface area (Å²) in [6.07, 6.45) is 0. The first-order valence-corrected chi connectivity index (χ1v) is 8.80. The fourth-order valence-corrected chi connectivity index (χ4v) is 4.60. The molecule has 2 aromatic heterocycles. The lowest BCUT2D eigenvalue weighted by Gasteiger charge is -2.06. The highest BCUT2D eigenvalue weighted by Crippen LogP contribution is 2.48. The van der Waals surface area contributed by atoms with Gasteiger partial charge in [-0.1, -0.05) is 33.6 Å². The Hall–Kier alpha value is -1.32. The van der Waals surface area contributed by atoms with Crippen LogP contribution in [0.3, 0.4) is 0 Å². The van der Waals surface area contributed by atoms with Gasteiger partial charge in [0.15, 0.2) is 0 Å². The van der Waals surface area contributed by atoms with E-state index in [1.54, 1.807) is 11.3 Å². The molecule has 0 saturated carbocycles. The summed E-state index contributed by atoms with van der Waals surface area (Å²) in [4.78, 5) is 2.48. The number of hydrogen-bond acceptors (Lipinski definition) is 4. The van der Waals surface area contributed by atoms with Crippen LogP contribution in [0.25, 0.3) is 20.9 Å². The average Bonchev–Trinajstić information content (AvgIpc) is 3.08. The molecule has 0 saturated heterocycles. The number of nitrogen functional groups attached to an aromatic ring is 1. The first-order chi connectivity index (χ1) is 10.1. The molecule has 0 amide bonds. The number of thiophene rings is 2. The Morgan fingerprint density at radius 1 is 1.29 bits per heavy atom. The number of benzene rings is 1. The highest BCUT2D eigenvalue weighted by molar-refractivity contribution is 9.10. The lowest BCUT2D eigenvalue weighted by Crippen LogP contribution is -1.88. The Labute approximate surface area is 143 Å². The number of hydrogen-bond donors (Lipinski definition) is 1. The number of halogens is 2. The van der Waals surface area contributed by atoms with Crippen LogP contribution < -0.4 is 5.73 Å². The zero-order chi connectivity index (χ0) is 15.0. The predicted molar refractivity (Wildman–Crippen MR) is 94.9 cm³/mol. The van der Waals surface area contributed by atoms with Crippen LogP contribution in [0.2, 0.25) is 5.02 Å². The normalized spacial score (nSPS) is 10.5. The molecule has 2 N–H and O–H groups in total. The maximum Gasteiger partial charge on any atom is 0.129 e. The first-order valence-electron chi connectivity index (χ1n) is 5.93. The summed E-state index contributed by atoms with van der Waals surface area (Å²) in [5.74, 6) is 0. The molecule has 0 fully saturated rings. The molecule has 2 heterocycles. The largest absolute Gasteiger partial charge is 0.396 e. The standard InChI is InChI=1S/C15H8BrClN2S2/c16-8-3-4-10(17)9(6-8)15-13(11-2-1-5-20-11)14(19)12(7-18)21-15/h1-6H,19H2. The lowest BCUT2D eigenvalue weighted by atomic mass is 10.1. The van der Waals surface area contributed by atoms with Crippen LogP contribution in [0.1, 0.15) is 4.88 Å². The van der Waals surface area contributed by atoms with E-state index >= 15 is 0 Å². The van der Waals surface area contributed by atoms with Crippen LogP contribution in [-0.4, -0.2) is 0 Å². The Balaban J connectivity index is 2.33. The number of nitriles is 1. The molecule has 104 valence electrons. The van der Waals surface area contributed by atoms with Crippen LogP contribution >= 0.6 is 50.2 Å². The van der Waals surface area contributed by atoms with Gasteiger partial charge in [-0.25, -0.2) is 0 Å². The van der Waals surface area contributed by atoms with Gasteiger partial charge in [0.05, 0.1) is 5.69 Å². The van der Waals surface area contributed by atoms with Crippen molar-refractivity contribution in [2.75, 3.05) is 5.73 Å². The fourth-order valence-electron chi connectivity index (χ4n) is 2.05. The molecule has 3 rings (SSSR count). The Morgan fingerprint density at radius 3 is 2.76 bits per heavy atom. The van der Waals surface area contributed by atoms with Crippen molar-refractivity contribution in [2.45, 2.75) is 0 Å². The molecule has 2 nitrogen and oxygen atoms in total.